The van der Waals surface area contributed by atoms with E-state index in [4.69, 9.17) is 0 Å². The van der Waals surface area contributed by atoms with Crippen LogP contribution in [0.5, 0.6) is 0 Å². The van der Waals surface area contributed by atoms with Gasteiger partial charge in [0.2, 0.25) is 0 Å². The fourth-order valence-corrected chi connectivity index (χ4v) is 4.44. The van der Waals surface area contributed by atoms with Crippen LogP contribution in [0.3, 0.4) is 0 Å². The van der Waals surface area contributed by atoms with Crippen LogP contribution >= 0.6 is 0 Å². The summed E-state index contributed by atoms with van der Waals surface area (Å²) in [6, 6.07) is 1.43. The molecule has 1 saturated heterocycles. The Bertz CT molecular complexity index is 749. The van der Waals surface area contributed by atoms with Crippen LogP contribution in [-0.2, 0) is 16.9 Å². The molecule has 1 aliphatic rings. The predicted octanol–water partition coefficient (Wildman–Crippen LogP) is 0.261. The minimum absolute atomic E-state index is 0.0273. The number of carbonyl (C=O) groups is 1. The van der Waals surface area contributed by atoms with Crippen LogP contribution < -0.4 is 5.56 Å². The van der Waals surface area contributed by atoms with Crippen molar-refractivity contribution in [2.45, 2.75) is 26.3 Å². The number of carbonyl (C=O) groups excluding carboxylic acids is 1. The molecule has 6 nitrogen and oxygen atoms in total. The number of hydrogen-bond acceptors (Lipinski definition) is 4. The van der Waals surface area contributed by atoms with Gasteiger partial charge in [0.1, 0.15) is 5.56 Å². The maximum Gasteiger partial charge on any atom is 0.263 e. The van der Waals surface area contributed by atoms with Gasteiger partial charge < -0.3 is 9.47 Å². The van der Waals surface area contributed by atoms with Crippen molar-refractivity contribution in [1.82, 2.24) is 9.47 Å². The minimum Gasteiger partial charge on any atom is -0.337 e. The molecule has 0 saturated carbocycles. The average Bonchev–Trinajstić information content (AvgIpc) is 2.75. The molecule has 1 aromatic rings. The lowest BCUT2D eigenvalue weighted by molar-refractivity contribution is 0.0744. The van der Waals surface area contributed by atoms with Gasteiger partial charge in [-0.25, -0.2) is 8.42 Å². The summed E-state index contributed by atoms with van der Waals surface area (Å²) >= 11 is 0. The number of aromatic nitrogens is 1. The Hall–Kier alpha value is -1.63. The summed E-state index contributed by atoms with van der Waals surface area (Å²) in [5.74, 6) is -0.337. The van der Waals surface area contributed by atoms with Crippen molar-refractivity contribution in [2.24, 2.45) is 7.05 Å². The lowest BCUT2D eigenvalue weighted by Gasteiger charge is -2.24. The first-order valence-corrected chi connectivity index (χ1v) is 8.61. The molecule has 0 bridgehead atoms. The van der Waals surface area contributed by atoms with E-state index >= 15 is 0 Å². The van der Waals surface area contributed by atoms with Gasteiger partial charge in [0, 0.05) is 25.8 Å². The normalized spacial score (nSPS) is 20.5. The molecule has 116 valence electrons. The lowest BCUT2D eigenvalue weighted by atomic mass is 10.1. The van der Waals surface area contributed by atoms with E-state index in [9.17, 15) is 18.0 Å². The molecule has 0 N–H and O–H groups in total. The van der Waals surface area contributed by atoms with Gasteiger partial charge in [-0.15, -0.1) is 0 Å². The van der Waals surface area contributed by atoms with Gasteiger partial charge in [0.15, 0.2) is 9.84 Å². The third-order valence-corrected chi connectivity index (χ3v) is 5.91. The second-order valence-electron chi connectivity index (χ2n) is 5.68. The summed E-state index contributed by atoms with van der Waals surface area (Å²) in [4.78, 5) is 26.3. The monoisotopic (exact) mass is 312 g/mol. The highest BCUT2D eigenvalue weighted by atomic mass is 32.2. The zero-order valence-electron chi connectivity index (χ0n) is 12.7. The smallest absolute Gasteiger partial charge is 0.263 e. The van der Waals surface area contributed by atoms with Crippen molar-refractivity contribution < 1.29 is 13.2 Å². The zero-order valence-corrected chi connectivity index (χ0v) is 13.5. The number of hydrogen-bond donors (Lipinski definition) is 0. The number of rotatable bonds is 2. The van der Waals surface area contributed by atoms with E-state index < -0.39 is 15.7 Å². The van der Waals surface area contributed by atoms with Gasteiger partial charge in [0.25, 0.3) is 11.5 Å². The molecule has 1 unspecified atom stereocenters. The summed E-state index contributed by atoms with van der Waals surface area (Å²) < 4.78 is 24.5. The largest absolute Gasteiger partial charge is 0.337 e. The standard InChI is InChI=1S/C14H20N2O4S/c1-9-7-10(2)15(3)13(17)12(9)14(18)16(4)11-5-6-21(19,20)8-11/h7,11H,5-6,8H2,1-4H3. The third-order valence-electron chi connectivity index (χ3n) is 4.16. The first-order valence-electron chi connectivity index (χ1n) is 6.79. The summed E-state index contributed by atoms with van der Waals surface area (Å²) in [5.41, 5.74) is 1.17. The molecule has 1 atom stereocenters. The van der Waals surface area contributed by atoms with Crippen LogP contribution in [0.1, 0.15) is 28.0 Å². The van der Waals surface area contributed by atoms with Crippen LogP contribution in [0.25, 0.3) is 0 Å². The average molecular weight is 312 g/mol. The molecular formula is C14H20N2O4S. The number of aryl methyl sites for hydroxylation is 2. The molecule has 1 fully saturated rings. The molecule has 0 radical (unpaired) electrons. The molecular weight excluding hydrogens is 292 g/mol. The summed E-state index contributed by atoms with van der Waals surface area (Å²) in [5, 5.41) is 0. The highest BCUT2D eigenvalue weighted by Crippen LogP contribution is 2.19. The number of nitrogens with zero attached hydrogens (tertiary/aromatic N) is 2. The van der Waals surface area contributed by atoms with Crippen molar-refractivity contribution in [3.63, 3.8) is 0 Å². The van der Waals surface area contributed by atoms with E-state index in [-0.39, 0.29) is 28.7 Å². The summed E-state index contributed by atoms with van der Waals surface area (Å²) in [7, 11) is 0.112. The third kappa shape index (κ3) is 2.88. The molecule has 7 heteroatoms. The van der Waals surface area contributed by atoms with Crippen LogP contribution in [0.15, 0.2) is 10.9 Å². The molecule has 1 aliphatic heterocycles. The molecule has 0 aromatic carbocycles. The first kappa shape index (κ1) is 15.8. The summed E-state index contributed by atoms with van der Waals surface area (Å²) in [6.45, 7) is 3.52. The topological polar surface area (TPSA) is 76.5 Å². The molecule has 2 rings (SSSR count). The van der Waals surface area contributed by atoms with Gasteiger partial charge in [0.05, 0.1) is 11.5 Å². The van der Waals surface area contributed by atoms with Crippen LogP contribution in [0.4, 0.5) is 0 Å². The maximum absolute atomic E-state index is 12.6. The maximum atomic E-state index is 12.6. The molecule has 0 spiro atoms. The Kier molecular flexibility index (Phi) is 3.97. The van der Waals surface area contributed by atoms with E-state index in [0.29, 0.717) is 12.0 Å². The fraction of sp³-hybridized carbons (Fsp3) is 0.571. The van der Waals surface area contributed by atoms with Crippen molar-refractivity contribution >= 4 is 15.7 Å². The molecule has 1 aromatic heterocycles. The first-order chi connectivity index (χ1) is 9.64. The van der Waals surface area contributed by atoms with E-state index in [0.717, 1.165) is 5.69 Å². The Morgan fingerprint density at radius 3 is 2.52 bits per heavy atom. The molecule has 0 aliphatic carbocycles. The van der Waals surface area contributed by atoms with Gasteiger partial charge in [-0.1, -0.05) is 0 Å². The number of sulfone groups is 1. The Balaban J connectivity index is 2.37. The Morgan fingerprint density at radius 2 is 2.00 bits per heavy atom. The van der Waals surface area contributed by atoms with Crippen LogP contribution in [0.2, 0.25) is 0 Å². The van der Waals surface area contributed by atoms with E-state index in [1.807, 2.05) is 0 Å². The second kappa shape index (κ2) is 5.29. The van der Waals surface area contributed by atoms with E-state index in [1.54, 1.807) is 34.0 Å². The van der Waals surface area contributed by atoms with Gasteiger partial charge in [-0.3, -0.25) is 9.59 Å². The fourth-order valence-electron chi connectivity index (χ4n) is 2.66. The van der Waals surface area contributed by atoms with Crippen LogP contribution in [0, 0.1) is 13.8 Å². The quantitative estimate of drug-likeness (QED) is 0.785. The van der Waals surface area contributed by atoms with Crippen LogP contribution in [-0.4, -0.2) is 48.4 Å². The van der Waals surface area contributed by atoms with Gasteiger partial charge >= 0.3 is 0 Å². The second-order valence-corrected chi connectivity index (χ2v) is 7.91. The molecule has 2 heterocycles. The van der Waals surface area contributed by atoms with E-state index in [1.165, 1.54) is 9.47 Å². The Labute approximate surface area is 124 Å². The number of pyridine rings is 1. The van der Waals surface area contributed by atoms with Crippen molar-refractivity contribution in [3.05, 3.63) is 33.2 Å². The van der Waals surface area contributed by atoms with Crippen molar-refractivity contribution in [1.29, 1.82) is 0 Å². The number of amides is 1. The zero-order chi connectivity index (χ0) is 15.9. The van der Waals surface area contributed by atoms with E-state index in [2.05, 4.69) is 0 Å². The highest BCUT2D eigenvalue weighted by molar-refractivity contribution is 7.91. The van der Waals surface area contributed by atoms with Gasteiger partial charge in [-0.2, -0.15) is 0 Å². The molecule has 1 amide bonds. The molecule has 21 heavy (non-hydrogen) atoms. The van der Waals surface area contributed by atoms with Crippen molar-refractivity contribution in [2.75, 3.05) is 18.6 Å². The Morgan fingerprint density at radius 1 is 1.38 bits per heavy atom. The van der Waals surface area contributed by atoms with Gasteiger partial charge in [-0.05, 0) is 31.9 Å². The highest BCUT2D eigenvalue weighted by Gasteiger charge is 2.34. The predicted molar refractivity (Wildman–Crippen MR) is 80.3 cm³/mol. The summed E-state index contributed by atoms with van der Waals surface area (Å²) in [6.07, 6.45) is 0.426. The van der Waals surface area contributed by atoms with Crippen molar-refractivity contribution in [3.8, 4) is 0 Å². The lowest BCUT2D eigenvalue weighted by Crippen LogP contribution is -2.41. The minimum atomic E-state index is -3.07. The SMILES string of the molecule is Cc1cc(C)n(C)c(=O)c1C(=O)N(C)C1CCS(=O)(=O)C1.